The Morgan fingerprint density at radius 1 is 0.714 bits per heavy atom. The topological polar surface area (TPSA) is 29.3 Å². The highest BCUT2D eigenvalue weighted by molar-refractivity contribution is 5.19. The van der Waals surface area contributed by atoms with E-state index in [-0.39, 0.29) is 11.9 Å². The zero-order valence-corrected chi connectivity index (χ0v) is 16.3. The third-order valence-corrected chi connectivity index (χ3v) is 5.10. The summed E-state index contributed by atoms with van der Waals surface area (Å²) in [5.41, 5.74) is 10.2. The Labute approximate surface area is 167 Å². The van der Waals surface area contributed by atoms with Crippen LogP contribution in [0.25, 0.3) is 0 Å². The Balaban J connectivity index is 1.58. The van der Waals surface area contributed by atoms with E-state index in [1.807, 2.05) is 30.3 Å². The Morgan fingerprint density at radius 2 is 1.32 bits per heavy atom. The molecule has 0 saturated heterocycles. The van der Waals surface area contributed by atoms with Crippen molar-refractivity contribution < 1.29 is 4.39 Å². The number of benzene rings is 3. The third kappa shape index (κ3) is 6.59. The SMILES string of the molecule is NC(CN(CCCc1ccccc1)CCc1ccc(F)cc1)c1ccccc1. The van der Waals surface area contributed by atoms with Crippen molar-refractivity contribution in [2.24, 2.45) is 5.73 Å². The van der Waals surface area contributed by atoms with Crippen molar-refractivity contribution in [1.82, 2.24) is 4.90 Å². The summed E-state index contributed by atoms with van der Waals surface area (Å²) >= 11 is 0. The molecule has 2 nitrogen and oxygen atoms in total. The van der Waals surface area contributed by atoms with Gasteiger partial charge in [0.15, 0.2) is 0 Å². The Bertz CT molecular complexity index is 803. The first-order valence-electron chi connectivity index (χ1n) is 10.0. The fraction of sp³-hybridized carbons (Fsp3) is 0.280. The quantitative estimate of drug-likeness (QED) is 0.539. The van der Waals surface area contributed by atoms with E-state index >= 15 is 0 Å². The van der Waals surface area contributed by atoms with Crippen LogP contribution in [-0.2, 0) is 12.8 Å². The lowest BCUT2D eigenvalue weighted by Crippen LogP contribution is -2.34. The summed E-state index contributed by atoms with van der Waals surface area (Å²) in [5, 5.41) is 0. The number of hydrogen-bond donors (Lipinski definition) is 1. The zero-order valence-electron chi connectivity index (χ0n) is 16.3. The standard InChI is InChI=1S/C25H29FN2/c26-24-15-13-22(14-16-24)17-19-28(18-7-10-21-8-3-1-4-9-21)20-25(27)23-11-5-2-6-12-23/h1-6,8-9,11-16,25H,7,10,17-20,27H2. The van der Waals surface area contributed by atoms with Crippen molar-refractivity contribution in [1.29, 1.82) is 0 Å². The van der Waals surface area contributed by atoms with Gasteiger partial charge in [-0.25, -0.2) is 4.39 Å². The Hall–Kier alpha value is -2.49. The maximum absolute atomic E-state index is 13.1. The van der Waals surface area contributed by atoms with Crippen LogP contribution in [0, 0.1) is 5.82 Å². The molecule has 0 saturated carbocycles. The summed E-state index contributed by atoms with van der Waals surface area (Å²) < 4.78 is 13.1. The predicted octanol–water partition coefficient (Wildman–Crippen LogP) is 5.00. The van der Waals surface area contributed by atoms with Crippen molar-refractivity contribution in [3.05, 3.63) is 107 Å². The highest BCUT2D eigenvalue weighted by atomic mass is 19.1. The van der Waals surface area contributed by atoms with E-state index in [0.29, 0.717) is 0 Å². The van der Waals surface area contributed by atoms with E-state index in [9.17, 15) is 4.39 Å². The molecule has 146 valence electrons. The van der Waals surface area contributed by atoms with Crippen molar-refractivity contribution in [2.45, 2.75) is 25.3 Å². The summed E-state index contributed by atoms with van der Waals surface area (Å²) in [6, 6.07) is 27.7. The molecular formula is C25H29FN2. The number of rotatable bonds is 10. The largest absolute Gasteiger partial charge is 0.323 e. The fourth-order valence-electron chi connectivity index (χ4n) is 3.47. The van der Waals surface area contributed by atoms with Gasteiger partial charge in [-0.3, -0.25) is 0 Å². The van der Waals surface area contributed by atoms with Gasteiger partial charge in [0.2, 0.25) is 0 Å². The molecular weight excluding hydrogens is 347 g/mol. The van der Waals surface area contributed by atoms with E-state index in [1.54, 1.807) is 0 Å². The van der Waals surface area contributed by atoms with Gasteiger partial charge >= 0.3 is 0 Å². The summed E-state index contributed by atoms with van der Waals surface area (Å²) in [7, 11) is 0. The first-order valence-corrected chi connectivity index (χ1v) is 10.0. The normalized spacial score (nSPS) is 12.2. The minimum atomic E-state index is -0.186. The van der Waals surface area contributed by atoms with E-state index in [1.165, 1.54) is 17.7 Å². The monoisotopic (exact) mass is 376 g/mol. The highest BCUT2D eigenvalue weighted by Gasteiger charge is 2.12. The van der Waals surface area contributed by atoms with Gasteiger partial charge < -0.3 is 10.6 Å². The van der Waals surface area contributed by atoms with Crippen molar-refractivity contribution >= 4 is 0 Å². The lowest BCUT2D eigenvalue weighted by Gasteiger charge is -2.26. The number of aryl methyl sites for hydroxylation is 1. The van der Waals surface area contributed by atoms with Crippen LogP contribution in [0.5, 0.6) is 0 Å². The van der Waals surface area contributed by atoms with Gasteiger partial charge in [0.1, 0.15) is 5.82 Å². The van der Waals surface area contributed by atoms with Crippen LogP contribution < -0.4 is 5.73 Å². The first-order chi connectivity index (χ1) is 13.7. The smallest absolute Gasteiger partial charge is 0.123 e. The maximum Gasteiger partial charge on any atom is 0.123 e. The van der Waals surface area contributed by atoms with Gasteiger partial charge in [-0.15, -0.1) is 0 Å². The van der Waals surface area contributed by atoms with Crippen molar-refractivity contribution in [2.75, 3.05) is 19.6 Å². The molecule has 0 fully saturated rings. The Morgan fingerprint density at radius 3 is 2.00 bits per heavy atom. The average Bonchev–Trinajstić information content (AvgIpc) is 2.74. The number of halogens is 1. The molecule has 0 radical (unpaired) electrons. The second-order valence-corrected chi connectivity index (χ2v) is 7.28. The molecule has 0 heterocycles. The number of nitrogens with two attached hydrogens (primary N) is 1. The molecule has 2 N–H and O–H groups in total. The van der Waals surface area contributed by atoms with Crippen LogP contribution >= 0.6 is 0 Å². The molecule has 3 heteroatoms. The van der Waals surface area contributed by atoms with E-state index in [2.05, 4.69) is 47.4 Å². The molecule has 0 bridgehead atoms. The molecule has 1 atom stereocenters. The van der Waals surface area contributed by atoms with Crippen LogP contribution in [0.1, 0.15) is 29.2 Å². The first kappa shape index (κ1) is 20.2. The van der Waals surface area contributed by atoms with Gasteiger partial charge in [0.25, 0.3) is 0 Å². The molecule has 3 rings (SSSR count). The zero-order chi connectivity index (χ0) is 19.6. The lowest BCUT2D eigenvalue weighted by molar-refractivity contribution is 0.257. The molecule has 28 heavy (non-hydrogen) atoms. The third-order valence-electron chi connectivity index (χ3n) is 5.10. The molecule has 0 aromatic heterocycles. The predicted molar refractivity (Wildman–Crippen MR) is 115 cm³/mol. The minimum absolute atomic E-state index is 0.00820. The molecule has 0 amide bonds. The second-order valence-electron chi connectivity index (χ2n) is 7.28. The van der Waals surface area contributed by atoms with E-state index in [0.717, 1.165) is 50.0 Å². The van der Waals surface area contributed by atoms with Crippen LogP contribution in [-0.4, -0.2) is 24.5 Å². The molecule has 1 unspecified atom stereocenters. The Kier molecular flexibility index (Phi) is 7.77. The van der Waals surface area contributed by atoms with Crippen LogP contribution in [0.3, 0.4) is 0 Å². The average molecular weight is 377 g/mol. The fourth-order valence-corrected chi connectivity index (χ4v) is 3.47. The summed E-state index contributed by atoms with van der Waals surface area (Å²) in [4.78, 5) is 2.43. The lowest BCUT2D eigenvalue weighted by atomic mass is 10.1. The molecule has 0 spiro atoms. The number of nitrogens with zero attached hydrogens (tertiary/aromatic N) is 1. The minimum Gasteiger partial charge on any atom is -0.323 e. The van der Waals surface area contributed by atoms with Crippen LogP contribution in [0.15, 0.2) is 84.9 Å². The summed E-state index contributed by atoms with van der Waals surface area (Å²) in [6.07, 6.45) is 3.05. The van der Waals surface area contributed by atoms with Crippen LogP contribution in [0.2, 0.25) is 0 Å². The number of hydrogen-bond acceptors (Lipinski definition) is 2. The van der Waals surface area contributed by atoms with Crippen molar-refractivity contribution in [3.63, 3.8) is 0 Å². The van der Waals surface area contributed by atoms with Gasteiger partial charge in [-0.05, 0) is 54.6 Å². The van der Waals surface area contributed by atoms with Crippen molar-refractivity contribution in [3.8, 4) is 0 Å². The van der Waals surface area contributed by atoms with E-state index in [4.69, 9.17) is 5.73 Å². The molecule has 0 aliphatic carbocycles. The van der Waals surface area contributed by atoms with Gasteiger partial charge in [0, 0.05) is 19.1 Å². The molecule has 0 aliphatic heterocycles. The molecule has 0 aliphatic rings. The summed E-state index contributed by atoms with van der Waals surface area (Å²) in [6.45, 7) is 2.73. The van der Waals surface area contributed by atoms with Gasteiger partial charge in [-0.1, -0.05) is 72.8 Å². The van der Waals surface area contributed by atoms with Gasteiger partial charge in [0.05, 0.1) is 0 Å². The second kappa shape index (κ2) is 10.7. The van der Waals surface area contributed by atoms with E-state index < -0.39 is 0 Å². The highest BCUT2D eigenvalue weighted by Crippen LogP contribution is 2.13. The molecule has 3 aromatic carbocycles. The van der Waals surface area contributed by atoms with Gasteiger partial charge in [-0.2, -0.15) is 0 Å². The molecule has 3 aromatic rings. The van der Waals surface area contributed by atoms with Crippen LogP contribution in [0.4, 0.5) is 4.39 Å². The maximum atomic E-state index is 13.1. The summed E-state index contributed by atoms with van der Waals surface area (Å²) in [5.74, 6) is -0.186.